The van der Waals surface area contributed by atoms with Gasteiger partial charge in [-0.15, -0.1) is 11.6 Å². The van der Waals surface area contributed by atoms with Gasteiger partial charge >= 0.3 is 0 Å². The van der Waals surface area contributed by atoms with E-state index in [-0.39, 0.29) is 5.38 Å². The third-order valence-corrected chi connectivity index (χ3v) is 4.40. The van der Waals surface area contributed by atoms with Crippen LogP contribution in [0.15, 0.2) is 40.9 Å². The molecule has 2 aromatic carbocycles. The SMILES string of the molecule is CCOc1ccc(C)cc1C(Cl)c1cc(Cl)ccc1Br. The Kier molecular flexibility index (Phi) is 5.36. The summed E-state index contributed by atoms with van der Waals surface area (Å²) in [5.74, 6) is 0.810. The van der Waals surface area contributed by atoms with Gasteiger partial charge in [0.25, 0.3) is 0 Å². The summed E-state index contributed by atoms with van der Waals surface area (Å²) in [5.41, 5.74) is 3.04. The lowest BCUT2D eigenvalue weighted by Gasteiger charge is -2.17. The van der Waals surface area contributed by atoms with E-state index in [0.717, 1.165) is 26.9 Å². The Labute approximate surface area is 138 Å². The first-order valence-corrected chi connectivity index (χ1v) is 7.96. The molecule has 2 rings (SSSR count). The van der Waals surface area contributed by atoms with Gasteiger partial charge in [-0.1, -0.05) is 45.2 Å². The van der Waals surface area contributed by atoms with Crippen LogP contribution >= 0.6 is 39.1 Å². The minimum atomic E-state index is -0.315. The van der Waals surface area contributed by atoms with E-state index >= 15 is 0 Å². The summed E-state index contributed by atoms with van der Waals surface area (Å²) in [5, 5.41) is 0.351. The number of ether oxygens (including phenoxy) is 1. The minimum Gasteiger partial charge on any atom is -0.494 e. The van der Waals surface area contributed by atoms with Crippen LogP contribution in [-0.4, -0.2) is 6.61 Å². The Bertz CT molecular complexity index is 613. The Morgan fingerprint density at radius 3 is 2.60 bits per heavy atom. The normalized spacial score (nSPS) is 12.2. The standard InChI is InChI=1S/C16H15BrCl2O/c1-3-20-15-7-4-10(2)8-13(15)16(19)12-9-11(18)5-6-14(12)17/h4-9,16H,3H2,1-2H3. The summed E-state index contributed by atoms with van der Waals surface area (Å²) in [6.07, 6.45) is 0. The van der Waals surface area contributed by atoms with Crippen molar-refractivity contribution in [3.8, 4) is 5.75 Å². The van der Waals surface area contributed by atoms with Gasteiger partial charge < -0.3 is 4.74 Å². The Morgan fingerprint density at radius 2 is 1.90 bits per heavy atom. The van der Waals surface area contributed by atoms with Gasteiger partial charge in [0.2, 0.25) is 0 Å². The quantitative estimate of drug-likeness (QED) is 0.585. The van der Waals surface area contributed by atoms with E-state index in [0.29, 0.717) is 11.6 Å². The highest BCUT2D eigenvalue weighted by Gasteiger charge is 2.19. The van der Waals surface area contributed by atoms with Crippen LogP contribution in [0, 0.1) is 6.92 Å². The van der Waals surface area contributed by atoms with Crippen molar-refractivity contribution in [1.82, 2.24) is 0 Å². The molecule has 0 amide bonds. The number of hydrogen-bond donors (Lipinski definition) is 0. The average molecular weight is 374 g/mol. The molecule has 1 nitrogen and oxygen atoms in total. The van der Waals surface area contributed by atoms with E-state index in [1.54, 1.807) is 0 Å². The highest BCUT2D eigenvalue weighted by Crippen LogP contribution is 2.39. The van der Waals surface area contributed by atoms with E-state index in [1.165, 1.54) is 0 Å². The molecule has 0 aliphatic rings. The van der Waals surface area contributed by atoms with Gasteiger partial charge in [-0.25, -0.2) is 0 Å². The van der Waals surface area contributed by atoms with Crippen LogP contribution < -0.4 is 4.74 Å². The van der Waals surface area contributed by atoms with Crippen molar-refractivity contribution in [1.29, 1.82) is 0 Å². The fraction of sp³-hybridized carbons (Fsp3) is 0.250. The summed E-state index contributed by atoms with van der Waals surface area (Å²) < 4.78 is 6.61. The van der Waals surface area contributed by atoms with Crippen molar-refractivity contribution in [3.63, 3.8) is 0 Å². The molecule has 0 aliphatic carbocycles. The zero-order chi connectivity index (χ0) is 14.7. The first kappa shape index (κ1) is 15.7. The van der Waals surface area contributed by atoms with Crippen LogP contribution in [-0.2, 0) is 0 Å². The van der Waals surface area contributed by atoms with Crippen molar-refractivity contribution in [2.75, 3.05) is 6.61 Å². The monoisotopic (exact) mass is 372 g/mol. The predicted molar refractivity (Wildman–Crippen MR) is 89.2 cm³/mol. The van der Waals surface area contributed by atoms with E-state index in [1.807, 2.05) is 44.2 Å². The lowest BCUT2D eigenvalue weighted by atomic mass is 10.0. The summed E-state index contributed by atoms with van der Waals surface area (Å²) >= 11 is 16.2. The molecule has 0 aliphatic heterocycles. The number of benzene rings is 2. The zero-order valence-electron chi connectivity index (χ0n) is 11.3. The van der Waals surface area contributed by atoms with E-state index in [9.17, 15) is 0 Å². The molecule has 2 aromatic rings. The van der Waals surface area contributed by atoms with Gasteiger partial charge in [0, 0.05) is 15.1 Å². The van der Waals surface area contributed by atoms with Crippen LogP contribution in [0.25, 0.3) is 0 Å². The molecule has 0 heterocycles. The van der Waals surface area contributed by atoms with Crippen LogP contribution in [0.5, 0.6) is 5.75 Å². The maximum Gasteiger partial charge on any atom is 0.124 e. The van der Waals surface area contributed by atoms with Crippen molar-refractivity contribution >= 4 is 39.1 Å². The molecule has 4 heteroatoms. The van der Waals surface area contributed by atoms with Gasteiger partial charge in [0.15, 0.2) is 0 Å². The number of hydrogen-bond acceptors (Lipinski definition) is 1. The van der Waals surface area contributed by atoms with Crippen LogP contribution in [0.4, 0.5) is 0 Å². The van der Waals surface area contributed by atoms with Crippen molar-refractivity contribution in [3.05, 3.63) is 62.6 Å². The molecule has 0 saturated heterocycles. The highest BCUT2D eigenvalue weighted by molar-refractivity contribution is 9.10. The first-order chi connectivity index (χ1) is 9.52. The second kappa shape index (κ2) is 6.84. The van der Waals surface area contributed by atoms with Crippen LogP contribution in [0.3, 0.4) is 0 Å². The molecular formula is C16H15BrCl2O. The smallest absolute Gasteiger partial charge is 0.124 e. The number of rotatable bonds is 4. The Hall–Kier alpha value is -0.700. The largest absolute Gasteiger partial charge is 0.494 e. The summed E-state index contributed by atoms with van der Waals surface area (Å²) in [6.45, 7) is 4.61. The van der Waals surface area contributed by atoms with Crippen molar-refractivity contribution in [2.24, 2.45) is 0 Å². The maximum atomic E-state index is 6.65. The molecule has 1 unspecified atom stereocenters. The van der Waals surface area contributed by atoms with E-state index in [2.05, 4.69) is 22.0 Å². The van der Waals surface area contributed by atoms with Gasteiger partial charge in [0.05, 0.1) is 12.0 Å². The molecule has 20 heavy (non-hydrogen) atoms. The zero-order valence-corrected chi connectivity index (χ0v) is 14.4. The van der Waals surface area contributed by atoms with Crippen LogP contribution in [0.2, 0.25) is 5.02 Å². The molecule has 0 spiro atoms. The lowest BCUT2D eigenvalue weighted by Crippen LogP contribution is -2.01. The van der Waals surface area contributed by atoms with Gasteiger partial charge in [-0.05, 0) is 43.7 Å². The predicted octanol–water partition coefficient (Wildman–Crippen LogP) is 6.14. The third kappa shape index (κ3) is 3.49. The van der Waals surface area contributed by atoms with Crippen molar-refractivity contribution < 1.29 is 4.74 Å². The fourth-order valence-corrected chi connectivity index (χ4v) is 3.17. The second-order valence-corrected chi connectivity index (χ2v) is 6.23. The molecule has 0 fully saturated rings. The van der Waals surface area contributed by atoms with Gasteiger partial charge in [-0.3, -0.25) is 0 Å². The number of alkyl halides is 1. The number of aryl methyl sites for hydroxylation is 1. The second-order valence-electron chi connectivity index (χ2n) is 4.50. The fourth-order valence-electron chi connectivity index (χ4n) is 2.03. The molecule has 106 valence electrons. The van der Waals surface area contributed by atoms with Crippen LogP contribution in [0.1, 0.15) is 29.0 Å². The third-order valence-electron chi connectivity index (χ3n) is 2.97. The first-order valence-electron chi connectivity index (χ1n) is 6.35. The molecule has 1 atom stereocenters. The van der Waals surface area contributed by atoms with Gasteiger partial charge in [-0.2, -0.15) is 0 Å². The number of halogens is 3. The molecule has 0 bridgehead atoms. The molecule has 0 radical (unpaired) electrons. The summed E-state index contributed by atoms with van der Waals surface area (Å²) in [6, 6.07) is 11.6. The summed E-state index contributed by atoms with van der Waals surface area (Å²) in [4.78, 5) is 0. The Morgan fingerprint density at radius 1 is 1.15 bits per heavy atom. The minimum absolute atomic E-state index is 0.315. The van der Waals surface area contributed by atoms with Crippen molar-refractivity contribution in [2.45, 2.75) is 19.2 Å². The molecule has 0 aromatic heterocycles. The maximum absolute atomic E-state index is 6.65. The van der Waals surface area contributed by atoms with E-state index < -0.39 is 0 Å². The Balaban J connectivity index is 2.49. The molecular weight excluding hydrogens is 359 g/mol. The average Bonchev–Trinajstić information content (AvgIpc) is 2.43. The molecule has 0 N–H and O–H groups in total. The van der Waals surface area contributed by atoms with Gasteiger partial charge in [0.1, 0.15) is 5.75 Å². The van der Waals surface area contributed by atoms with E-state index in [4.69, 9.17) is 27.9 Å². The topological polar surface area (TPSA) is 9.23 Å². The molecule has 0 saturated carbocycles. The summed E-state index contributed by atoms with van der Waals surface area (Å²) in [7, 11) is 0. The lowest BCUT2D eigenvalue weighted by molar-refractivity contribution is 0.337. The highest BCUT2D eigenvalue weighted by atomic mass is 79.9.